The molecule has 1 aliphatic heterocycles. The molecule has 27 heavy (non-hydrogen) atoms. The molecule has 1 fully saturated rings. The van der Waals surface area contributed by atoms with Gasteiger partial charge in [0.15, 0.2) is 0 Å². The Hall–Kier alpha value is -2.77. The van der Waals surface area contributed by atoms with E-state index in [2.05, 4.69) is 27.3 Å². The number of hydrogen-bond donors (Lipinski definition) is 1. The summed E-state index contributed by atoms with van der Waals surface area (Å²) >= 11 is 0. The summed E-state index contributed by atoms with van der Waals surface area (Å²) in [4.78, 5) is 16.5. The number of nitrogens with one attached hydrogen (secondary N) is 1. The minimum atomic E-state index is -0.0466. The average Bonchev–Trinajstić information content (AvgIpc) is 3.11. The average molecular weight is 372 g/mol. The molecule has 146 valence electrons. The Balaban J connectivity index is 1.52. The molecule has 8 heteroatoms. The molecule has 1 saturated heterocycles. The van der Waals surface area contributed by atoms with Gasteiger partial charge in [0.1, 0.15) is 12.1 Å². The molecule has 1 aromatic carbocycles. The van der Waals surface area contributed by atoms with Crippen LogP contribution in [-0.2, 0) is 13.6 Å². The maximum atomic E-state index is 12.5. The van der Waals surface area contributed by atoms with Crippen molar-refractivity contribution in [1.29, 1.82) is 0 Å². The number of piperazine rings is 1. The molecule has 1 aliphatic rings. The van der Waals surface area contributed by atoms with Gasteiger partial charge in [-0.15, -0.1) is 10.2 Å². The Morgan fingerprint density at radius 2 is 2.04 bits per heavy atom. The standard InChI is InChI=1S/C19H28N6O2/c1-4-11-27-17-12-15(2)5-6-16(17)13-20-19(26)25-9-7-24(8-10-25)18-22-21-14-23(18)3/h5-6,12,14H,4,7-11,13H2,1-3H3,(H,20,26). The van der Waals surface area contributed by atoms with E-state index < -0.39 is 0 Å². The van der Waals surface area contributed by atoms with E-state index >= 15 is 0 Å². The molecule has 0 aliphatic carbocycles. The molecule has 2 aromatic rings. The van der Waals surface area contributed by atoms with Crippen LogP contribution in [-0.4, -0.2) is 58.5 Å². The minimum Gasteiger partial charge on any atom is -0.493 e. The van der Waals surface area contributed by atoms with E-state index in [1.165, 1.54) is 0 Å². The summed E-state index contributed by atoms with van der Waals surface area (Å²) < 4.78 is 7.72. The van der Waals surface area contributed by atoms with Gasteiger partial charge in [-0.3, -0.25) is 0 Å². The van der Waals surface area contributed by atoms with Crippen molar-refractivity contribution in [2.24, 2.45) is 7.05 Å². The molecular formula is C19H28N6O2. The second-order valence-corrected chi connectivity index (χ2v) is 6.83. The fourth-order valence-electron chi connectivity index (χ4n) is 3.11. The van der Waals surface area contributed by atoms with Crippen molar-refractivity contribution in [1.82, 2.24) is 25.0 Å². The summed E-state index contributed by atoms with van der Waals surface area (Å²) in [5.41, 5.74) is 2.15. The van der Waals surface area contributed by atoms with Gasteiger partial charge in [-0.1, -0.05) is 19.1 Å². The number of carbonyl (C=O) groups excluding carboxylic acids is 1. The molecule has 2 heterocycles. The summed E-state index contributed by atoms with van der Waals surface area (Å²) in [6.07, 6.45) is 2.64. The fraction of sp³-hybridized carbons (Fsp3) is 0.526. The number of nitrogens with zero attached hydrogens (tertiary/aromatic N) is 5. The van der Waals surface area contributed by atoms with Gasteiger partial charge in [-0.05, 0) is 25.0 Å². The SMILES string of the molecule is CCCOc1cc(C)ccc1CNC(=O)N1CCN(c2nncn2C)CC1. The van der Waals surface area contributed by atoms with E-state index in [0.717, 1.165) is 42.3 Å². The fourth-order valence-corrected chi connectivity index (χ4v) is 3.11. The largest absolute Gasteiger partial charge is 0.493 e. The number of amides is 2. The van der Waals surface area contributed by atoms with Crippen LogP contribution in [0.3, 0.4) is 0 Å². The zero-order valence-electron chi connectivity index (χ0n) is 16.3. The van der Waals surface area contributed by atoms with Gasteiger partial charge < -0.3 is 24.4 Å². The van der Waals surface area contributed by atoms with E-state index in [0.29, 0.717) is 26.2 Å². The normalized spacial score (nSPS) is 14.3. The maximum absolute atomic E-state index is 12.5. The first-order valence-corrected chi connectivity index (χ1v) is 9.42. The lowest BCUT2D eigenvalue weighted by atomic mass is 10.1. The van der Waals surface area contributed by atoms with Gasteiger partial charge in [0, 0.05) is 45.3 Å². The number of anilines is 1. The number of rotatable bonds is 6. The number of benzene rings is 1. The number of aromatic nitrogens is 3. The topological polar surface area (TPSA) is 75.5 Å². The summed E-state index contributed by atoms with van der Waals surface area (Å²) in [5, 5.41) is 11.1. The minimum absolute atomic E-state index is 0.0466. The highest BCUT2D eigenvalue weighted by Gasteiger charge is 2.23. The molecule has 0 saturated carbocycles. The number of urea groups is 1. The quantitative estimate of drug-likeness (QED) is 0.839. The summed E-state index contributed by atoms with van der Waals surface area (Å²) in [5.74, 6) is 1.69. The third kappa shape index (κ3) is 4.69. The summed E-state index contributed by atoms with van der Waals surface area (Å²) in [7, 11) is 1.92. The molecule has 0 bridgehead atoms. The molecule has 1 aromatic heterocycles. The number of hydrogen-bond acceptors (Lipinski definition) is 5. The highest BCUT2D eigenvalue weighted by molar-refractivity contribution is 5.74. The Labute approximate surface area is 160 Å². The van der Waals surface area contributed by atoms with Crippen molar-refractivity contribution in [3.05, 3.63) is 35.7 Å². The van der Waals surface area contributed by atoms with Crippen LogP contribution in [0.15, 0.2) is 24.5 Å². The Bertz CT molecular complexity index is 767. The predicted molar refractivity (Wildman–Crippen MR) is 104 cm³/mol. The Kier molecular flexibility index (Phi) is 6.16. The molecule has 0 radical (unpaired) electrons. The number of aryl methyl sites for hydroxylation is 2. The first kappa shape index (κ1) is 19.0. The van der Waals surface area contributed by atoms with E-state index in [1.54, 1.807) is 6.33 Å². The summed E-state index contributed by atoms with van der Waals surface area (Å²) in [6, 6.07) is 6.04. The van der Waals surface area contributed by atoms with Crippen LogP contribution in [0.25, 0.3) is 0 Å². The van der Waals surface area contributed by atoms with Gasteiger partial charge in [-0.25, -0.2) is 4.79 Å². The lowest BCUT2D eigenvalue weighted by molar-refractivity contribution is 0.193. The van der Waals surface area contributed by atoms with E-state index in [4.69, 9.17) is 4.74 Å². The highest BCUT2D eigenvalue weighted by Crippen LogP contribution is 2.21. The third-order valence-electron chi connectivity index (χ3n) is 4.65. The van der Waals surface area contributed by atoms with Crippen molar-refractivity contribution in [3.8, 4) is 5.75 Å². The number of ether oxygens (including phenoxy) is 1. The predicted octanol–water partition coefficient (Wildman–Crippen LogP) is 1.94. The van der Waals surface area contributed by atoms with Crippen LogP contribution in [0, 0.1) is 6.92 Å². The molecule has 1 N–H and O–H groups in total. The second kappa shape index (κ2) is 8.75. The zero-order valence-corrected chi connectivity index (χ0v) is 16.3. The zero-order chi connectivity index (χ0) is 19.2. The molecule has 8 nitrogen and oxygen atoms in total. The lowest BCUT2D eigenvalue weighted by Gasteiger charge is -2.34. The van der Waals surface area contributed by atoms with Gasteiger partial charge in [0.2, 0.25) is 5.95 Å². The molecule has 0 spiro atoms. The Morgan fingerprint density at radius 1 is 1.26 bits per heavy atom. The first-order chi connectivity index (χ1) is 13.1. The highest BCUT2D eigenvalue weighted by atomic mass is 16.5. The van der Waals surface area contributed by atoms with Crippen molar-refractivity contribution < 1.29 is 9.53 Å². The molecule has 0 unspecified atom stereocenters. The van der Waals surface area contributed by atoms with Crippen molar-refractivity contribution in [2.75, 3.05) is 37.7 Å². The van der Waals surface area contributed by atoms with E-state index in [9.17, 15) is 4.79 Å². The van der Waals surface area contributed by atoms with Crippen molar-refractivity contribution in [3.63, 3.8) is 0 Å². The molecule has 2 amide bonds. The number of carbonyl (C=O) groups is 1. The van der Waals surface area contributed by atoms with Crippen LogP contribution >= 0.6 is 0 Å². The van der Waals surface area contributed by atoms with Gasteiger partial charge >= 0.3 is 6.03 Å². The summed E-state index contributed by atoms with van der Waals surface area (Å²) in [6.45, 7) is 8.06. The smallest absolute Gasteiger partial charge is 0.317 e. The van der Waals surface area contributed by atoms with Gasteiger partial charge in [0.05, 0.1) is 6.61 Å². The molecule has 3 rings (SSSR count). The van der Waals surface area contributed by atoms with Crippen LogP contribution < -0.4 is 15.0 Å². The molecular weight excluding hydrogens is 344 g/mol. The Morgan fingerprint density at radius 3 is 2.70 bits per heavy atom. The third-order valence-corrected chi connectivity index (χ3v) is 4.65. The van der Waals surface area contributed by atoms with Crippen molar-refractivity contribution >= 4 is 12.0 Å². The van der Waals surface area contributed by atoms with Crippen LogP contribution in [0.4, 0.5) is 10.7 Å². The van der Waals surface area contributed by atoms with E-state index in [1.807, 2.05) is 41.6 Å². The lowest BCUT2D eigenvalue weighted by Crippen LogP contribution is -2.52. The second-order valence-electron chi connectivity index (χ2n) is 6.83. The van der Waals surface area contributed by atoms with Gasteiger partial charge in [0.25, 0.3) is 0 Å². The van der Waals surface area contributed by atoms with E-state index in [-0.39, 0.29) is 6.03 Å². The van der Waals surface area contributed by atoms with Crippen molar-refractivity contribution in [2.45, 2.75) is 26.8 Å². The van der Waals surface area contributed by atoms with Crippen LogP contribution in [0.2, 0.25) is 0 Å². The monoisotopic (exact) mass is 372 g/mol. The van der Waals surface area contributed by atoms with Gasteiger partial charge in [-0.2, -0.15) is 0 Å². The maximum Gasteiger partial charge on any atom is 0.317 e. The van der Waals surface area contributed by atoms with Crippen LogP contribution in [0.1, 0.15) is 24.5 Å². The first-order valence-electron chi connectivity index (χ1n) is 9.42. The van der Waals surface area contributed by atoms with Crippen LogP contribution in [0.5, 0.6) is 5.75 Å². The molecule has 0 atom stereocenters.